The number of nitrogens with one attached hydrogen (secondary N) is 2. The first-order valence-electron chi connectivity index (χ1n) is 11.0. The minimum Gasteiger partial charge on any atom is -0.366 e. The Balaban J connectivity index is 1.29. The van der Waals surface area contributed by atoms with Crippen molar-refractivity contribution in [3.05, 3.63) is 53.6 Å². The van der Waals surface area contributed by atoms with Crippen LogP contribution in [0.5, 0.6) is 0 Å². The van der Waals surface area contributed by atoms with Gasteiger partial charge in [-0.3, -0.25) is 4.79 Å². The molecule has 2 fully saturated rings. The quantitative estimate of drug-likeness (QED) is 0.609. The lowest BCUT2D eigenvalue weighted by atomic mass is 10.0. The van der Waals surface area contributed by atoms with Gasteiger partial charge in [-0.05, 0) is 37.0 Å². The normalized spacial score (nSPS) is 17.2. The first-order valence-corrected chi connectivity index (χ1v) is 11.0. The SMILES string of the molecule is Cc1cc(-c2ncncc2N2CCNCC2)ccc1CNC(=O)c1nc(C2(C)CC2)no1. The van der Waals surface area contributed by atoms with E-state index < -0.39 is 0 Å². The van der Waals surface area contributed by atoms with Crippen molar-refractivity contribution in [3.8, 4) is 11.3 Å². The number of aromatic nitrogens is 4. The van der Waals surface area contributed by atoms with Crippen LogP contribution in [-0.4, -0.2) is 52.2 Å². The largest absolute Gasteiger partial charge is 0.366 e. The van der Waals surface area contributed by atoms with E-state index in [1.807, 2.05) is 25.3 Å². The molecule has 1 aliphatic carbocycles. The van der Waals surface area contributed by atoms with Crippen molar-refractivity contribution in [2.24, 2.45) is 0 Å². The van der Waals surface area contributed by atoms with Gasteiger partial charge in [0, 0.05) is 43.7 Å². The Morgan fingerprint density at radius 1 is 1.28 bits per heavy atom. The molecular weight excluding hydrogens is 406 g/mol. The Kier molecular flexibility index (Phi) is 5.34. The fourth-order valence-electron chi connectivity index (χ4n) is 3.95. The zero-order chi connectivity index (χ0) is 22.1. The highest BCUT2D eigenvalue weighted by molar-refractivity contribution is 5.89. The Labute approximate surface area is 186 Å². The molecule has 1 saturated heterocycles. The number of aryl methyl sites for hydroxylation is 1. The average molecular weight is 434 g/mol. The number of rotatable bonds is 6. The zero-order valence-electron chi connectivity index (χ0n) is 18.4. The van der Waals surface area contributed by atoms with Crippen LogP contribution in [0.2, 0.25) is 0 Å². The lowest BCUT2D eigenvalue weighted by Gasteiger charge is -2.30. The molecule has 3 aromatic rings. The van der Waals surface area contributed by atoms with Gasteiger partial charge in [-0.15, -0.1) is 0 Å². The number of carbonyl (C=O) groups excluding carboxylic acids is 1. The third kappa shape index (κ3) is 4.08. The van der Waals surface area contributed by atoms with Crippen LogP contribution < -0.4 is 15.5 Å². The fourth-order valence-corrected chi connectivity index (χ4v) is 3.95. The predicted molar refractivity (Wildman–Crippen MR) is 119 cm³/mol. The Bertz CT molecular complexity index is 1130. The van der Waals surface area contributed by atoms with Crippen LogP contribution in [0.15, 0.2) is 35.2 Å². The van der Waals surface area contributed by atoms with Crippen LogP contribution in [0.25, 0.3) is 11.3 Å². The topological polar surface area (TPSA) is 109 Å². The molecule has 2 aromatic heterocycles. The summed E-state index contributed by atoms with van der Waals surface area (Å²) < 4.78 is 5.16. The van der Waals surface area contributed by atoms with Gasteiger partial charge in [0.2, 0.25) is 0 Å². The summed E-state index contributed by atoms with van der Waals surface area (Å²) in [7, 11) is 0. The number of amides is 1. The highest BCUT2D eigenvalue weighted by Gasteiger charge is 2.44. The number of piperazine rings is 1. The second kappa shape index (κ2) is 8.31. The molecule has 3 heterocycles. The van der Waals surface area contributed by atoms with Gasteiger partial charge in [0.25, 0.3) is 0 Å². The van der Waals surface area contributed by atoms with E-state index in [1.165, 1.54) is 0 Å². The van der Waals surface area contributed by atoms with Crippen LogP contribution >= 0.6 is 0 Å². The van der Waals surface area contributed by atoms with Crippen LogP contribution in [-0.2, 0) is 12.0 Å². The van der Waals surface area contributed by atoms with Crippen LogP contribution in [0.3, 0.4) is 0 Å². The summed E-state index contributed by atoms with van der Waals surface area (Å²) in [5, 5.41) is 10.2. The molecule has 0 atom stereocenters. The van der Waals surface area contributed by atoms with Crippen LogP contribution in [0, 0.1) is 6.92 Å². The summed E-state index contributed by atoms with van der Waals surface area (Å²) in [5.74, 6) is 0.283. The molecule has 0 bridgehead atoms. The van der Waals surface area contributed by atoms with Gasteiger partial charge in [0.15, 0.2) is 5.82 Å². The number of carbonyl (C=O) groups is 1. The minimum absolute atomic E-state index is 0.0176. The lowest BCUT2D eigenvalue weighted by Crippen LogP contribution is -2.43. The predicted octanol–water partition coefficient (Wildman–Crippen LogP) is 2.23. The maximum atomic E-state index is 12.5. The summed E-state index contributed by atoms with van der Waals surface area (Å²) in [6.45, 7) is 8.26. The average Bonchev–Trinajstić information content (AvgIpc) is 3.37. The van der Waals surface area contributed by atoms with Crippen molar-refractivity contribution in [2.45, 2.75) is 38.6 Å². The maximum Gasteiger partial charge on any atom is 0.315 e. The van der Waals surface area contributed by atoms with Crippen LogP contribution in [0.1, 0.15) is 47.4 Å². The molecule has 1 aromatic carbocycles. The van der Waals surface area contributed by atoms with Gasteiger partial charge in [0.1, 0.15) is 6.33 Å². The first-order chi connectivity index (χ1) is 15.5. The van der Waals surface area contributed by atoms with Gasteiger partial charge in [-0.1, -0.05) is 24.2 Å². The van der Waals surface area contributed by atoms with E-state index in [1.54, 1.807) is 6.33 Å². The van der Waals surface area contributed by atoms with Crippen molar-refractivity contribution >= 4 is 11.6 Å². The summed E-state index contributed by atoms with van der Waals surface area (Å²) in [6, 6.07) is 6.18. The van der Waals surface area contributed by atoms with Crippen molar-refractivity contribution in [1.29, 1.82) is 0 Å². The van der Waals surface area contributed by atoms with E-state index in [2.05, 4.69) is 48.6 Å². The standard InChI is InChI=1S/C23H27N7O2/c1-15-11-16(19-18(13-25-14-27-19)30-9-7-24-8-10-30)3-4-17(15)12-26-20(31)21-28-22(29-32-21)23(2)5-6-23/h3-4,11,13-14,24H,5-10,12H2,1-2H3,(H,26,31). The van der Waals surface area contributed by atoms with E-state index in [0.29, 0.717) is 12.4 Å². The number of anilines is 1. The van der Waals surface area contributed by atoms with E-state index in [-0.39, 0.29) is 17.2 Å². The second-order valence-corrected chi connectivity index (χ2v) is 8.80. The van der Waals surface area contributed by atoms with Gasteiger partial charge < -0.3 is 20.1 Å². The number of benzene rings is 1. The van der Waals surface area contributed by atoms with E-state index in [4.69, 9.17) is 4.52 Å². The molecule has 1 aliphatic heterocycles. The van der Waals surface area contributed by atoms with Crippen molar-refractivity contribution in [2.75, 3.05) is 31.1 Å². The molecule has 5 rings (SSSR count). The minimum atomic E-state index is -0.353. The molecular formula is C23H27N7O2. The summed E-state index contributed by atoms with van der Waals surface area (Å²) >= 11 is 0. The van der Waals surface area contributed by atoms with Crippen molar-refractivity contribution in [3.63, 3.8) is 0 Å². The zero-order valence-corrected chi connectivity index (χ0v) is 18.4. The molecule has 1 amide bonds. The third-order valence-corrected chi connectivity index (χ3v) is 6.37. The second-order valence-electron chi connectivity index (χ2n) is 8.80. The maximum absolute atomic E-state index is 12.5. The molecule has 0 unspecified atom stereocenters. The first kappa shape index (κ1) is 20.6. The molecule has 9 nitrogen and oxygen atoms in total. The molecule has 32 heavy (non-hydrogen) atoms. The van der Waals surface area contributed by atoms with E-state index in [0.717, 1.165) is 67.1 Å². The smallest absolute Gasteiger partial charge is 0.315 e. The fraction of sp³-hybridized carbons (Fsp3) is 0.435. The Hall–Kier alpha value is -3.33. The number of hydrogen-bond donors (Lipinski definition) is 2. The van der Waals surface area contributed by atoms with Gasteiger partial charge in [-0.25, -0.2) is 9.97 Å². The molecule has 9 heteroatoms. The number of hydrogen-bond acceptors (Lipinski definition) is 8. The molecule has 0 radical (unpaired) electrons. The van der Waals surface area contributed by atoms with Gasteiger partial charge in [0.05, 0.1) is 17.6 Å². The Morgan fingerprint density at radius 3 is 2.84 bits per heavy atom. The number of nitrogens with zero attached hydrogens (tertiary/aromatic N) is 5. The summed E-state index contributed by atoms with van der Waals surface area (Å²) in [6.07, 6.45) is 5.53. The highest BCUT2D eigenvalue weighted by Crippen LogP contribution is 2.45. The van der Waals surface area contributed by atoms with Gasteiger partial charge in [-0.2, -0.15) is 4.98 Å². The Morgan fingerprint density at radius 2 is 2.09 bits per heavy atom. The van der Waals surface area contributed by atoms with Crippen molar-refractivity contribution < 1.29 is 9.32 Å². The molecule has 166 valence electrons. The molecule has 0 spiro atoms. The molecule has 2 N–H and O–H groups in total. The van der Waals surface area contributed by atoms with E-state index >= 15 is 0 Å². The monoisotopic (exact) mass is 433 g/mol. The van der Waals surface area contributed by atoms with E-state index in [9.17, 15) is 4.79 Å². The highest BCUT2D eigenvalue weighted by atomic mass is 16.5. The van der Waals surface area contributed by atoms with Gasteiger partial charge >= 0.3 is 11.8 Å². The van der Waals surface area contributed by atoms with Crippen molar-refractivity contribution in [1.82, 2.24) is 30.7 Å². The summed E-state index contributed by atoms with van der Waals surface area (Å²) in [4.78, 5) is 27.9. The van der Waals surface area contributed by atoms with Crippen LogP contribution in [0.4, 0.5) is 5.69 Å². The third-order valence-electron chi connectivity index (χ3n) is 6.37. The molecule has 1 saturated carbocycles. The lowest BCUT2D eigenvalue weighted by molar-refractivity contribution is 0.0907. The molecule has 2 aliphatic rings. The summed E-state index contributed by atoms with van der Waals surface area (Å²) in [5.41, 5.74) is 5.07.